The van der Waals surface area contributed by atoms with E-state index in [2.05, 4.69) is 164 Å². The molecule has 1 radical (unpaired) electrons. The summed E-state index contributed by atoms with van der Waals surface area (Å²) in [6, 6.07) is 48.8. The number of rotatable bonds is 8. The molecule has 0 spiro atoms. The number of para-hydroxylation sites is 1. The second-order valence-corrected chi connectivity index (χ2v) is 24.5. The van der Waals surface area contributed by atoms with E-state index in [0.717, 1.165) is 73.5 Å². The minimum atomic E-state index is -1.37. The van der Waals surface area contributed by atoms with Gasteiger partial charge in [-0.05, 0) is 94.1 Å². The molecule has 0 saturated carbocycles. The number of benzene rings is 5. The molecule has 0 atom stereocenters. The van der Waals surface area contributed by atoms with E-state index in [1.807, 2.05) is 55.5 Å². The van der Waals surface area contributed by atoms with Crippen LogP contribution in [0.1, 0.15) is 82.7 Å². The number of aromatic nitrogens is 4. The molecular weight excluding hydrogens is 965 g/mol. The molecule has 5 aromatic carbocycles. The largest absolute Gasteiger partial charge is 0.501 e. The number of aryl methyl sites for hydroxylation is 1. The van der Waals surface area contributed by atoms with Crippen LogP contribution in [0.2, 0.25) is 19.6 Å². The molecule has 0 aliphatic heterocycles. The van der Waals surface area contributed by atoms with Gasteiger partial charge in [0.05, 0.1) is 25.0 Å². The second-order valence-electron chi connectivity index (χ2n) is 19.4. The summed E-state index contributed by atoms with van der Waals surface area (Å²) in [6.45, 7) is 25.2. The van der Waals surface area contributed by atoms with Gasteiger partial charge in [0, 0.05) is 43.1 Å². The second kappa shape index (κ2) is 18.3. The molecule has 0 N–H and O–H groups in total. The van der Waals surface area contributed by atoms with Crippen molar-refractivity contribution in [1.82, 2.24) is 19.5 Å². The van der Waals surface area contributed by atoms with Crippen molar-refractivity contribution in [2.45, 2.75) is 93.3 Å². The van der Waals surface area contributed by atoms with Gasteiger partial charge in [-0.25, -0.2) is 4.98 Å². The number of nitrogens with zero attached hydrogens (tertiary/aromatic N) is 4. The molecule has 9 rings (SSSR count). The van der Waals surface area contributed by atoms with Crippen molar-refractivity contribution in [1.29, 1.82) is 0 Å². The molecule has 0 aliphatic rings. The van der Waals surface area contributed by atoms with Crippen molar-refractivity contribution in [3.05, 3.63) is 162 Å². The summed E-state index contributed by atoms with van der Waals surface area (Å²) in [7, 11) is -1.37. The standard InChI is InChI=1S/C37H32N3O.C19H26NSi.Ir/c1-22(2)30-20-26(25-12-7-6-8-13-25)21-31(23(3)4)34(30)40-36(39-32-19-18-24(5)38-37(32)40)29-16-11-15-28-27-14-9-10-17-33(27)41-35(28)29;1-19(2,3)13-16-12-17(15-10-8-7-9-11-15)20-14-18(16)21(4,5)6;/h6-15,17-23H,1-5H3;7-10,12,14H,13H2,1-6H3;/q2*-1;. The van der Waals surface area contributed by atoms with Crippen molar-refractivity contribution in [2.24, 2.45) is 5.41 Å². The van der Waals surface area contributed by atoms with Crippen molar-refractivity contribution in [3.8, 4) is 39.5 Å². The van der Waals surface area contributed by atoms with E-state index in [0.29, 0.717) is 0 Å². The molecule has 0 bridgehead atoms. The van der Waals surface area contributed by atoms with E-state index >= 15 is 0 Å². The van der Waals surface area contributed by atoms with Crippen LogP contribution >= 0.6 is 0 Å². The van der Waals surface area contributed by atoms with Crippen LogP contribution in [0.5, 0.6) is 0 Å². The third-order valence-corrected chi connectivity index (χ3v) is 13.5. The number of imidazole rings is 1. The van der Waals surface area contributed by atoms with E-state index in [4.69, 9.17) is 19.4 Å². The average Bonchev–Trinajstić information content (AvgIpc) is 3.81. The maximum Gasteiger partial charge on any atom is 0.155 e. The monoisotopic (exact) mass is 1020 g/mol. The van der Waals surface area contributed by atoms with E-state index in [-0.39, 0.29) is 37.4 Å². The van der Waals surface area contributed by atoms with Gasteiger partial charge in [-0.1, -0.05) is 139 Å². The maximum absolute atomic E-state index is 6.48. The van der Waals surface area contributed by atoms with E-state index in [1.54, 1.807) is 0 Å². The van der Waals surface area contributed by atoms with Gasteiger partial charge in [-0.3, -0.25) is 4.98 Å². The summed E-state index contributed by atoms with van der Waals surface area (Å²) < 4.78 is 8.74. The Hall–Kier alpha value is -5.46. The Kier molecular flexibility index (Phi) is 13.3. The molecule has 0 amide bonds. The third-order valence-electron chi connectivity index (χ3n) is 11.5. The molecular formula is C56H58IrN4OSi-2. The Bertz CT molecular complexity index is 3000. The minimum Gasteiger partial charge on any atom is -0.501 e. The Labute approximate surface area is 388 Å². The number of hydrogen-bond acceptors (Lipinski definition) is 4. The predicted octanol–water partition coefficient (Wildman–Crippen LogP) is 14.7. The average molecular weight is 1020 g/mol. The fourth-order valence-corrected chi connectivity index (χ4v) is 10.1. The van der Waals surface area contributed by atoms with E-state index in [1.165, 1.54) is 33.0 Å². The Morgan fingerprint density at radius 3 is 2.05 bits per heavy atom. The van der Waals surface area contributed by atoms with E-state index < -0.39 is 8.07 Å². The molecule has 4 aromatic heterocycles. The van der Waals surface area contributed by atoms with Gasteiger partial charge in [0.1, 0.15) is 5.58 Å². The third kappa shape index (κ3) is 9.57. The van der Waals surface area contributed by atoms with Gasteiger partial charge in [0.15, 0.2) is 5.65 Å². The van der Waals surface area contributed by atoms with Crippen LogP contribution in [-0.2, 0) is 26.5 Å². The van der Waals surface area contributed by atoms with Gasteiger partial charge in [-0.15, -0.1) is 54.1 Å². The van der Waals surface area contributed by atoms with Crippen molar-refractivity contribution >= 4 is 46.4 Å². The first-order chi connectivity index (χ1) is 29.6. The van der Waals surface area contributed by atoms with Crippen molar-refractivity contribution in [2.75, 3.05) is 0 Å². The van der Waals surface area contributed by atoms with Crippen LogP contribution in [0.3, 0.4) is 0 Å². The summed E-state index contributed by atoms with van der Waals surface area (Å²) in [5.41, 5.74) is 15.1. The summed E-state index contributed by atoms with van der Waals surface area (Å²) in [5, 5.41) is 3.63. The van der Waals surface area contributed by atoms with Gasteiger partial charge in [0.25, 0.3) is 0 Å². The summed E-state index contributed by atoms with van der Waals surface area (Å²) in [5.74, 6) is 1.33. The van der Waals surface area contributed by atoms with Crippen LogP contribution < -0.4 is 5.19 Å². The summed E-state index contributed by atoms with van der Waals surface area (Å²) in [4.78, 5) is 15.0. The molecule has 63 heavy (non-hydrogen) atoms. The van der Waals surface area contributed by atoms with Crippen molar-refractivity contribution in [3.63, 3.8) is 0 Å². The van der Waals surface area contributed by atoms with Crippen LogP contribution in [0.15, 0.2) is 132 Å². The van der Waals surface area contributed by atoms with Crippen LogP contribution in [0.25, 0.3) is 72.6 Å². The minimum absolute atomic E-state index is 0. The zero-order valence-corrected chi connectivity index (χ0v) is 41.9. The fraction of sp³-hybridized carbons (Fsp3) is 0.268. The van der Waals surface area contributed by atoms with Crippen molar-refractivity contribution < 1.29 is 24.5 Å². The first kappa shape index (κ1) is 45.6. The summed E-state index contributed by atoms with van der Waals surface area (Å²) in [6.07, 6.45) is 3.21. The number of furan rings is 1. The number of pyridine rings is 2. The maximum atomic E-state index is 6.48. The molecule has 9 aromatic rings. The number of fused-ring (bicyclic) bond motifs is 4. The fourth-order valence-electron chi connectivity index (χ4n) is 8.49. The Morgan fingerprint density at radius 1 is 0.714 bits per heavy atom. The van der Waals surface area contributed by atoms with E-state index in [9.17, 15) is 0 Å². The zero-order chi connectivity index (χ0) is 43.9. The topological polar surface area (TPSA) is 56.7 Å². The molecule has 323 valence electrons. The van der Waals surface area contributed by atoms with Crippen LogP contribution in [0.4, 0.5) is 0 Å². The van der Waals surface area contributed by atoms with Crippen LogP contribution in [-0.4, -0.2) is 27.6 Å². The normalized spacial score (nSPS) is 12.0. The van der Waals surface area contributed by atoms with Gasteiger partial charge < -0.3 is 14.0 Å². The summed E-state index contributed by atoms with van der Waals surface area (Å²) >= 11 is 0. The molecule has 5 nitrogen and oxygen atoms in total. The van der Waals surface area contributed by atoms with Crippen LogP contribution in [0, 0.1) is 24.5 Å². The zero-order valence-electron chi connectivity index (χ0n) is 38.5. The molecule has 0 fully saturated rings. The Balaban J connectivity index is 0.000000229. The first-order valence-electron chi connectivity index (χ1n) is 22.0. The smallest absolute Gasteiger partial charge is 0.155 e. The SMILES string of the molecule is CC(C)(C)Cc1cc(-c2[c-]cccc2)ncc1[Si](C)(C)C.Cc1ccc2nc(-c3[c-]ccc4c3oc3ccccc34)n(-c3c(C(C)C)cc(-c4ccccc4)cc3C(C)C)c2n1.[Ir]. The molecule has 0 unspecified atom stereocenters. The van der Waals surface area contributed by atoms with Gasteiger partial charge in [-0.2, -0.15) is 0 Å². The Morgan fingerprint density at radius 2 is 1.40 bits per heavy atom. The molecule has 7 heteroatoms. The molecule has 4 heterocycles. The molecule has 0 aliphatic carbocycles. The van der Waals surface area contributed by atoms with Gasteiger partial charge >= 0.3 is 0 Å². The quantitative estimate of drug-likeness (QED) is 0.112. The predicted molar refractivity (Wildman–Crippen MR) is 263 cm³/mol. The first-order valence-corrected chi connectivity index (χ1v) is 25.5. The molecule has 0 saturated heterocycles. The number of hydrogen-bond donors (Lipinski definition) is 0. The van der Waals surface area contributed by atoms with Gasteiger partial charge in [0.2, 0.25) is 0 Å².